The summed E-state index contributed by atoms with van der Waals surface area (Å²) < 4.78 is 5.71. The zero-order valence-corrected chi connectivity index (χ0v) is 14.1. The average Bonchev–Trinajstić information content (AvgIpc) is 3.06. The van der Waals surface area contributed by atoms with Crippen LogP contribution in [0, 0.1) is 6.92 Å². The first-order chi connectivity index (χ1) is 11.7. The van der Waals surface area contributed by atoms with Crippen molar-refractivity contribution in [2.75, 3.05) is 6.61 Å². The van der Waals surface area contributed by atoms with Crippen LogP contribution in [-0.4, -0.2) is 12.5 Å². The summed E-state index contributed by atoms with van der Waals surface area (Å²) in [5, 5.41) is 6.32. The lowest BCUT2D eigenvalue weighted by atomic mass is 10.1. The molecule has 2 aromatic rings. The summed E-state index contributed by atoms with van der Waals surface area (Å²) in [6, 6.07) is 14.3. The fraction of sp³-hybridized carbons (Fsp3) is 0.350. The highest BCUT2D eigenvalue weighted by atomic mass is 16.5. The molecule has 0 fully saturated rings. The van der Waals surface area contributed by atoms with Crippen molar-refractivity contribution in [2.24, 2.45) is 0 Å². The van der Waals surface area contributed by atoms with E-state index in [1.807, 2.05) is 31.2 Å². The van der Waals surface area contributed by atoms with Crippen molar-refractivity contribution in [2.45, 2.75) is 39.4 Å². The summed E-state index contributed by atoms with van der Waals surface area (Å²) in [4.78, 5) is 11.9. The Morgan fingerprint density at radius 1 is 1.17 bits per heavy atom. The van der Waals surface area contributed by atoms with Crippen LogP contribution in [0.25, 0.3) is 0 Å². The second-order valence-corrected chi connectivity index (χ2v) is 6.20. The van der Waals surface area contributed by atoms with Gasteiger partial charge in [0.25, 0.3) is 0 Å². The Kier molecular flexibility index (Phi) is 5.49. The summed E-state index contributed by atoms with van der Waals surface area (Å²) >= 11 is 0. The van der Waals surface area contributed by atoms with Crippen LogP contribution in [0.2, 0.25) is 0 Å². The molecule has 24 heavy (non-hydrogen) atoms. The molecule has 126 valence electrons. The van der Waals surface area contributed by atoms with Crippen molar-refractivity contribution in [1.29, 1.82) is 0 Å². The molecule has 1 heterocycles. The van der Waals surface area contributed by atoms with Gasteiger partial charge in [0.1, 0.15) is 5.75 Å². The van der Waals surface area contributed by atoms with Gasteiger partial charge in [-0.2, -0.15) is 0 Å². The van der Waals surface area contributed by atoms with Crippen molar-refractivity contribution in [1.82, 2.24) is 10.6 Å². The van der Waals surface area contributed by atoms with E-state index in [0.717, 1.165) is 30.0 Å². The van der Waals surface area contributed by atoms with Crippen LogP contribution >= 0.6 is 0 Å². The average molecular weight is 324 g/mol. The number of carbonyl (C=O) groups excluding carboxylic acids is 1. The minimum Gasteiger partial charge on any atom is -0.493 e. The molecule has 2 N–H and O–H groups in total. The normalized spacial score (nSPS) is 12.7. The predicted molar refractivity (Wildman–Crippen MR) is 94.7 cm³/mol. The van der Waals surface area contributed by atoms with E-state index in [1.165, 1.54) is 11.1 Å². The largest absolute Gasteiger partial charge is 0.493 e. The number of rotatable bonds is 7. The van der Waals surface area contributed by atoms with Crippen LogP contribution in [0.1, 0.15) is 35.1 Å². The first kappa shape index (κ1) is 16.5. The molecule has 0 aromatic heterocycles. The number of ether oxygens (including phenoxy) is 1. The Morgan fingerprint density at radius 2 is 2.00 bits per heavy atom. The highest BCUT2D eigenvalue weighted by Crippen LogP contribution is 2.17. The standard InChI is InChI=1S/C20H24N2O2/c1-15-5-2-3-6-19(15)24-10-4-7-20(23)22-12-16-8-9-17-13-21-14-18(17)11-16/h2-3,5-6,8-9,11,21H,4,7,10,12-14H2,1H3,(H,22,23). The number of hydrogen-bond donors (Lipinski definition) is 2. The van der Waals surface area contributed by atoms with E-state index in [4.69, 9.17) is 4.74 Å². The molecule has 0 saturated heterocycles. The number of amides is 1. The minimum absolute atomic E-state index is 0.0713. The van der Waals surface area contributed by atoms with Crippen LogP contribution in [0.15, 0.2) is 42.5 Å². The highest BCUT2D eigenvalue weighted by molar-refractivity contribution is 5.75. The van der Waals surface area contributed by atoms with E-state index >= 15 is 0 Å². The summed E-state index contributed by atoms with van der Waals surface area (Å²) in [6.07, 6.45) is 1.20. The highest BCUT2D eigenvalue weighted by Gasteiger charge is 2.10. The molecule has 0 bridgehead atoms. The zero-order chi connectivity index (χ0) is 16.8. The fourth-order valence-electron chi connectivity index (χ4n) is 2.88. The molecule has 0 radical (unpaired) electrons. The zero-order valence-electron chi connectivity index (χ0n) is 14.1. The van der Waals surface area contributed by atoms with Gasteiger partial charge < -0.3 is 15.4 Å². The Hall–Kier alpha value is -2.33. The van der Waals surface area contributed by atoms with Crippen LogP contribution in [0.3, 0.4) is 0 Å². The van der Waals surface area contributed by atoms with Crippen molar-refractivity contribution in [3.05, 3.63) is 64.7 Å². The lowest BCUT2D eigenvalue weighted by molar-refractivity contribution is -0.121. The molecular weight excluding hydrogens is 300 g/mol. The summed E-state index contributed by atoms with van der Waals surface area (Å²) in [6.45, 7) is 5.04. The van der Waals surface area contributed by atoms with Crippen molar-refractivity contribution >= 4 is 5.91 Å². The third-order valence-corrected chi connectivity index (χ3v) is 4.29. The molecule has 0 unspecified atom stereocenters. The lowest BCUT2D eigenvalue weighted by Gasteiger charge is -2.09. The van der Waals surface area contributed by atoms with E-state index in [-0.39, 0.29) is 5.91 Å². The van der Waals surface area contributed by atoms with Gasteiger partial charge >= 0.3 is 0 Å². The summed E-state index contributed by atoms with van der Waals surface area (Å²) in [5.41, 5.74) is 4.97. The van der Waals surface area contributed by atoms with Gasteiger partial charge in [-0.15, -0.1) is 0 Å². The molecule has 4 heteroatoms. The second kappa shape index (κ2) is 7.97. The number of para-hydroxylation sites is 1. The number of nitrogens with one attached hydrogen (secondary N) is 2. The number of benzene rings is 2. The van der Waals surface area contributed by atoms with Crippen LogP contribution in [-0.2, 0) is 24.4 Å². The number of fused-ring (bicyclic) bond motifs is 1. The molecule has 0 atom stereocenters. The third-order valence-electron chi connectivity index (χ3n) is 4.29. The monoisotopic (exact) mass is 324 g/mol. The number of hydrogen-bond acceptors (Lipinski definition) is 3. The summed E-state index contributed by atoms with van der Waals surface area (Å²) in [7, 11) is 0. The Bertz CT molecular complexity index is 713. The molecule has 0 spiro atoms. The lowest BCUT2D eigenvalue weighted by Crippen LogP contribution is -2.23. The maximum atomic E-state index is 11.9. The molecular formula is C20H24N2O2. The van der Waals surface area contributed by atoms with Gasteiger partial charge in [0.2, 0.25) is 5.91 Å². The SMILES string of the molecule is Cc1ccccc1OCCCC(=O)NCc1ccc2c(c1)CNC2. The molecule has 1 aliphatic rings. The van der Waals surface area contributed by atoms with Crippen LogP contribution in [0.5, 0.6) is 5.75 Å². The van der Waals surface area contributed by atoms with Gasteiger partial charge in [-0.05, 0) is 41.7 Å². The molecule has 1 aliphatic heterocycles. The van der Waals surface area contributed by atoms with Gasteiger partial charge in [0.05, 0.1) is 6.61 Å². The number of carbonyl (C=O) groups is 1. The fourth-order valence-corrected chi connectivity index (χ4v) is 2.88. The van der Waals surface area contributed by atoms with E-state index in [9.17, 15) is 4.79 Å². The minimum atomic E-state index is 0.0713. The van der Waals surface area contributed by atoms with Crippen LogP contribution in [0.4, 0.5) is 0 Å². The molecule has 2 aromatic carbocycles. The van der Waals surface area contributed by atoms with E-state index in [0.29, 0.717) is 26.0 Å². The maximum absolute atomic E-state index is 11.9. The first-order valence-electron chi connectivity index (χ1n) is 8.49. The smallest absolute Gasteiger partial charge is 0.220 e. The van der Waals surface area contributed by atoms with E-state index < -0.39 is 0 Å². The Morgan fingerprint density at radius 3 is 2.88 bits per heavy atom. The molecule has 0 saturated carbocycles. The van der Waals surface area contributed by atoms with Crippen molar-refractivity contribution in [3.8, 4) is 5.75 Å². The Labute approximate surface area is 143 Å². The van der Waals surface area contributed by atoms with Gasteiger partial charge in [-0.3, -0.25) is 4.79 Å². The number of aryl methyl sites for hydroxylation is 1. The Balaban J connectivity index is 1.36. The van der Waals surface area contributed by atoms with Crippen molar-refractivity contribution in [3.63, 3.8) is 0 Å². The van der Waals surface area contributed by atoms with E-state index in [2.05, 4.69) is 28.8 Å². The second-order valence-electron chi connectivity index (χ2n) is 6.20. The van der Waals surface area contributed by atoms with Crippen LogP contribution < -0.4 is 15.4 Å². The molecule has 3 rings (SSSR count). The van der Waals surface area contributed by atoms with E-state index in [1.54, 1.807) is 0 Å². The first-order valence-corrected chi connectivity index (χ1v) is 8.49. The topological polar surface area (TPSA) is 50.4 Å². The third kappa shape index (κ3) is 4.36. The maximum Gasteiger partial charge on any atom is 0.220 e. The van der Waals surface area contributed by atoms with Gasteiger partial charge in [0, 0.05) is 26.1 Å². The van der Waals surface area contributed by atoms with Crippen molar-refractivity contribution < 1.29 is 9.53 Å². The van der Waals surface area contributed by atoms with Gasteiger partial charge in [-0.1, -0.05) is 36.4 Å². The molecule has 1 amide bonds. The molecule has 0 aliphatic carbocycles. The predicted octanol–water partition coefficient (Wildman–Crippen LogP) is 3.07. The molecule has 4 nitrogen and oxygen atoms in total. The van der Waals surface area contributed by atoms with Gasteiger partial charge in [0.15, 0.2) is 0 Å². The van der Waals surface area contributed by atoms with Gasteiger partial charge in [-0.25, -0.2) is 0 Å². The quantitative estimate of drug-likeness (QED) is 0.770. The summed E-state index contributed by atoms with van der Waals surface area (Å²) in [5.74, 6) is 0.965.